The van der Waals surface area contributed by atoms with Crippen molar-refractivity contribution in [3.63, 3.8) is 0 Å². The first kappa shape index (κ1) is 9.74. The second-order valence-corrected chi connectivity index (χ2v) is 2.73. The fourth-order valence-corrected chi connectivity index (χ4v) is 1.07. The topological polar surface area (TPSA) is 41.8 Å². The molecule has 3 heteroatoms. The SMILES string of the molecule is CO/N=C(/C)[C@H](O)c1ccccc1. The minimum Gasteiger partial charge on any atom is -0.399 e. The van der Waals surface area contributed by atoms with Gasteiger partial charge in [-0.05, 0) is 12.5 Å². The normalized spacial score (nSPS) is 13.9. The molecule has 0 bridgehead atoms. The third kappa shape index (κ3) is 2.56. The standard InChI is InChI=1S/C10H13NO2/c1-8(11-13-2)10(12)9-6-4-3-5-7-9/h3-7,10,12H,1-2H3/b11-8-/t10-/m0/s1. The molecule has 13 heavy (non-hydrogen) atoms. The maximum atomic E-state index is 9.71. The van der Waals surface area contributed by atoms with Crippen molar-refractivity contribution >= 4 is 5.71 Å². The maximum Gasteiger partial charge on any atom is 0.120 e. The van der Waals surface area contributed by atoms with Gasteiger partial charge in [-0.3, -0.25) is 0 Å². The van der Waals surface area contributed by atoms with Crippen LogP contribution in [0.2, 0.25) is 0 Å². The van der Waals surface area contributed by atoms with Crippen LogP contribution in [-0.4, -0.2) is 17.9 Å². The van der Waals surface area contributed by atoms with E-state index in [-0.39, 0.29) is 0 Å². The van der Waals surface area contributed by atoms with Crippen molar-refractivity contribution in [3.8, 4) is 0 Å². The molecule has 0 spiro atoms. The summed E-state index contributed by atoms with van der Waals surface area (Å²) in [4.78, 5) is 4.57. The summed E-state index contributed by atoms with van der Waals surface area (Å²) in [7, 11) is 1.46. The van der Waals surface area contributed by atoms with Gasteiger partial charge in [0.05, 0.1) is 5.71 Å². The Bertz CT molecular complexity index is 282. The molecule has 0 aromatic heterocycles. The minimum atomic E-state index is -0.679. The number of nitrogens with zero attached hydrogens (tertiary/aromatic N) is 1. The summed E-state index contributed by atoms with van der Waals surface area (Å²) in [6.45, 7) is 1.72. The predicted molar refractivity (Wildman–Crippen MR) is 51.5 cm³/mol. The van der Waals surface area contributed by atoms with E-state index in [2.05, 4.69) is 9.99 Å². The summed E-state index contributed by atoms with van der Waals surface area (Å²) in [5.41, 5.74) is 1.37. The summed E-state index contributed by atoms with van der Waals surface area (Å²) >= 11 is 0. The lowest BCUT2D eigenvalue weighted by Gasteiger charge is -2.08. The van der Waals surface area contributed by atoms with Gasteiger partial charge < -0.3 is 9.94 Å². The molecule has 0 saturated carbocycles. The van der Waals surface area contributed by atoms with Crippen LogP contribution in [0.3, 0.4) is 0 Å². The van der Waals surface area contributed by atoms with E-state index in [0.717, 1.165) is 5.56 Å². The number of rotatable bonds is 3. The van der Waals surface area contributed by atoms with Gasteiger partial charge in [-0.2, -0.15) is 0 Å². The van der Waals surface area contributed by atoms with E-state index < -0.39 is 6.10 Å². The van der Waals surface area contributed by atoms with Gasteiger partial charge in [0.1, 0.15) is 13.2 Å². The lowest BCUT2D eigenvalue weighted by atomic mass is 10.1. The van der Waals surface area contributed by atoms with Crippen LogP contribution < -0.4 is 0 Å². The average Bonchev–Trinajstić information content (AvgIpc) is 2.18. The van der Waals surface area contributed by atoms with Gasteiger partial charge in [-0.25, -0.2) is 0 Å². The lowest BCUT2D eigenvalue weighted by molar-refractivity contribution is 0.195. The molecular weight excluding hydrogens is 166 g/mol. The van der Waals surface area contributed by atoms with Gasteiger partial charge in [-0.1, -0.05) is 35.5 Å². The smallest absolute Gasteiger partial charge is 0.120 e. The molecule has 1 aromatic rings. The Hall–Kier alpha value is -1.35. The molecule has 0 aliphatic carbocycles. The highest BCUT2D eigenvalue weighted by Gasteiger charge is 2.10. The molecule has 0 fully saturated rings. The summed E-state index contributed by atoms with van der Waals surface area (Å²) in [6.07, 6.45) is -0.679. The van der Waals surface area contributed by atoms with Crippen LogP contribution in [-0.2, 0) is 4.84 Å². The Morgan fingerprint density at radius 1 is 1.38 bits per heavy atom. The van der Waals surface area contributed by atoms with Crippen molar-refractivity contribution in [1.82, 2.24) is 0 Å². The van der Waals surface area contributed by atoms with Gasteiger partial charge in [0.2, 0.25) is 0 Å². The number of hydrogen-bond donors (Lipinski definition) is 1. The predicted octanol–water partition coefficient (Wildman–Crippen LogP) is 1.74. The molecule has 0 saturated heterocycles. The van der Waals surface area contributed by atoms with Crippen LogP contribution in [0.15, 0.2) is 35.5 Å². The number of benzene rings is 1. The van der Waals surface area contributed by atoms with Gasteiger partial charge in [-0.15, -0.1) is 0 Å². The summed E-state index contributed by atoms with van der Waals surface area (Å²) in [5.74, 6) is 0. The van der Waals surface area contributed by atoms with Crippen LogP contribution in [0.1, 0.15) is 18.6 Å². The Balaban J connectivity index is 2.79. The largest absolute Gasteiger partial charge is 0.399 e. The fourth-order valence-electron chi connectivity index (χ4n) is 1.07. The van der Waals surface area contributed by atoms with Crippen molar-refractivity contribution in [2.45, 2.75) is 13.0 Å². The Morgan fingerprint density at radius 2 is 2.00 bits per heavy atom. The zero-order valence-corrected chi connectivity index (χ0v) is 7.77. The number of hydrogen-bond acceptors (Lipinski definition) is 3. The highest BCUT2D eigenvalue weighted by atomic mass is 16.6. The maximum absolute atomic E-state index is 9.71. The number of oxime groups is 1. The molecule has 0 radical (unpaired) electrons. The van der Waals surface area contributed by atoms with E-state index in [0.29, 0.717) is 5.71 Å². The number of aliphatic hydroxyl groups is 1. The van der Waals surface area contributed by atoms with Gasteiger partial charge >= 0.3 is 0 Å². The average molecular weight is 179 g/mol. The lowest BCUT2D eigenvalue weighted by Crippen LogP contribution is -2.08. The first-order valence-corrected chi connectivity index (χ1v) is 4.06. The Kier molecular flexibility index (Phi) is 3.46. The molecule has 1 aromatic carbocycles. The first-order valence-electron chi connectivity index (χ1n) is 4.06. The first-order chi connectivity index (χ1) is 6.25. The van der Waals surface area contributed by atoms with Crippen LogP contribution in [0.4, 0.5) is 0 Å². The van der Waals surface area contributed by atoms with Crippen molar-refractivity contribution in [2.75, 3.05) is 7.11 Å². The second-order valence-electron chi connectivity index (χ2n) is 2.73. The Labute approximate surface area is 77.6 Å². The van der Waals surface area contributed by atoms with E-state index in [1.807, 2.05) is 30.3 Å². The van der Waals surface area contributed by atoms with Crippen molar-refractivity contribution in [3.05, 3.63) is 35.9 Å². The molecule has 70 valence electrons. The van der Waals surface area contributed by atoms with Crippen molar-refractivity contribution in [1.29, 1.82) is 0 Å². The van der Waals surface area contributed by atoms with Gasteiger partial charge in [0, 0.05) is 0 Å². The number of aliphatic hydroxyl groups excluding tert-OH is 1. The molecule has 3 nitrogen and oxygen atoms in total. The molecule has 0 unspecified atom stereocenters. The van der Waals surface area contributed by atoms with Crippen LogP contribution in [0.5, 0.6) is 0 Å². The van der Waals surface area contributed by atoms with E-state index >= 15 is 0 Å². The quantitative estimate of drug-likeness (QED) is 0.567. The van der Waals surface area contributed by atoms with E-state index in [1.165, 1.54) is 7.11 Å². The zero-order chi connectivity index (χ0) is 9.68. The van der Waals surface area contributed by atoms with E-state index in [4.69, 9.17) is 0 Å². The minimum absolute atomic E-state index is 0.550. The summed E-state index contributed by atoms with van der Waals surface area (Å²) in [5, 5.41) is 13.4. The third-order valence-electron chi connectivity index (χ3n) is 1.75. The third-order valence-corrected chi connectivity index (χ3v) is 1.75. The molecular formula is C10H13NO2. The van der Waals surface area contributed by atoms with Crippen LogP contribution in [0, 0.1) is 0 Å². The monoisotopic (exact) mass is 179 g/mol. The van der Waals surface area contributed by atoms with Gasteiger partial charge in [0.15, 0.2) is 0 Å². The molecule has 1 atom stereocenters. The summed E-state index contributed by atoms with van der Waals surface area (Å²) in [6, 6.07) is 9.34. The molecule has 0 aliphatic rings. The highest BCUT2D eigenvalue weighted by molar-refractivity contribution is 5.86. The molecule has 0 aliphatic heterocycles. The van der Waals surface area contributed by atoms with Gasteiger partial charge in [0.25, 0.3) is 0 Å². The zero-order valence-electron chi connectivity index (χ0n) is 7.77. The molecule has 0 amide bonds. The summed E-state index contributed by atoms with van der Waals surface area (Å²) < 4.78 is 0. The van der Waals surface area contributed by atoms with Crippen LogP contribution >= 0.6 is 0 Å². The highest BCUT2D eigenvalue weighted by Crippen LogP contribution is 2.13. The second kappa shape index (κ2) is 4.62. The fraction of sp³-hybridized carbons (Fsp3) is 0.300. The molecule has 1 rings (SSSR count). The van der Waals surface area contributed by atoms with Crippen LogP contribution in [0.25, 0.3) is 0 Å². The van der Waals surface area contributed by atoms with Crippen molar-refractivity contribution in [2.24, 2.45) is 5.16 Å². The molecule has 1 N–H and O–H groups in total. The Morgan fingerprint density at radius 3 is 2.54 bits per heavy atom. The molecule has 0 heterocycles. The van der Waals surface area contributed by atoms with Crippen molar-refractivity contribution < 1.29 is 9.94 Å². The van der Waals surface area contributed by atoms with E-state index in [1.54, 1.807) is 6.92 Å². The van der Waals surface area contributed by atoms with E-state index in [9.17, 15) is 5.11 Å².